The second-order valence-electron chi connectivity index (χ2n) is 6.61. The highest BCUT2D eigenvalue weighted by atomic mass is 16.5. The molecule has 0 saturated carbocycles. The molecule has 0 aliphatic carbocycles. The third-order valence-corrected chi connectivity index (χ3v) is 4.14. The molecule has 0 bridgehead atoms. The number of carbonyl (C=O) groups is 2. The number of benzene rings is 2. The van der Waals surface area contributed by atoms with Gasteiger partial charge in [-0.15, -0.1) is 0 Å². The number of carbonyl (C=O) groups excluding carboxylic acids is 2. The minimum atomic E-state index is -0.604. The predicted octanol–water partition coefficient (Wildman–Crippen LogP) is 4.20. The van der Waals surface area contributed by atoms with Crippen LogP contribution in [0.5, 0.6) is 11.5 Å². The third kappa shape index (κ3) is 5.49. The summed E-state index contributed by atoms with van der Waals surface area (Å²) < 4.78 is 16.0. The summed E-state index contributed by atoms with van der Waals surface area (Å²) in [4.78, 5) is 24.5. The Hall–Kier alpha value is -3.02. The second-order valence-corrected chi connectivity index (χ2v) is 6.61. The van der Waals surface area contributed by atoms with E-state index in [9.17, 15) is 9.59 Å². The SMILES string of the molecule is CCCOc1ccc(C(=O)OCC(=O)Nc2c(C)cc(C)cc2C)cc1OC. The first kappa shape index (κ1) is 21.3. The number of hydrogen-bond acceptors (Lipinski definition) is 5. The summed E-state index contributed by atoms with van der Waals surface area (Å²) in [5.41, 5.74) is 4.08. The molecule has 0 aliphatic heterocycles. The molecule has 6 heteroatoms. The Labute approximate surface area is 165 Å². The monoisotopic (exact) mass is 385 g/mol. The van der Waals surface area contributed by atoms with Gasteiger partial charge in [-0.3, -0.25) is 4.79 Å². The summed E-state index contributed by atoms with van der Waals surface area (Å²) in [5, 5.41) is 2.81. The first-order valence-electron chi connectivity index (χ1n) is 9.21. The zero-order chi connectivity index (χ0) is 20.7. The van der Waals surface area contributed by atoms with Crippen LogP contribution < -0.4 is 14.8 Å². The van der Waals surface area contributed by atoms with E-state index in [1.807, 2.05) is 39.8 Å². The highest BCUT2D eigenvalue weighted by Gasteiger charge is 2.15. The number of rotatable bonds is 8. The number of nitrogens with one attached hydrogen (secondary N) is 1. The molecular formula is C22H27NO5. The molecule has 0 fully saturated rings. The van der Waals surface area contributed by atoms with Crippen molar-refractivity contribution in [1.82, 2.24) is 0 Å². The second kappa shape index (κ2) is 9.78. The van der Waals surface area contributed by atoms with Gasteiger partial charge in [-0.25, -0.2) is 4.79 Å². The number of amides is 1. The van der Waals surface area contributed by atoms with Crippen molar-refractivity contribution in [3.8, 4) is 11.5 Å². The summed E-state index contributed by atoms with van der Waals surface area (Å²) in [7, 11) is 1.50. The van der Waals surface area contributed by atoms with E-state index in [-0.39, 0.29) is 12.2 Å². The Morgan fingerprint density at radius 2 is 1.68 bits per heavy atom. The van der Waals surface area contributed by atoms with Crippen molar-refractivity contribution in [2.45, 2.75) is 34.1 Å². The Kier molecular flexibility index (Phi) is 7.44. The fourth-order valence-electron chi connectivity index (χ4n) is 2.89. The van der Waals surface area contributed by atoms with E-state index in [1.165, 1.54) is 7.11 Å². The first-order valence-corrected chi connectivity index (χ1v) is 9.21. The van der Waals surface area contributed by atoms with Gasteiger partial charge in [0.2, 0.25) is 0 Å². The summed E-state index contributed by atoms with van der Waals surface area (Å²) in [6.45, 7) is 8.04. The third-order valence-electron chi connectivity index (χ3n) is 4.14. The Bertz CT molecular complexity index is 837. The van der Waals surface area contributed by atoms with Gasteiger partial charge in [0, 0.05) is 5.69 Å². The molecule has 150 valence electrons. The quantitative estimate of drug-likeness (QED) is 0.689. The standard InChI is InChI=1S/C22H27NO5/c1-6-9-27-18-8-7-17(12-19(18)26-5)22(25)28-13-20(24)23-21-15(3)10-14(2)11-16(21)4/h7-8,10-12H,6,9,13H2,1-5H3,(H,23,24). The maximum absolute atomic E-state index is 12.3. The van der Waals surface area contributed by atoms with E-state index in [0.717, 1.165) is 28.8 Å². The first-order chi connectivity index (χ1) is 13.3. The molecule has 0 spiro atoms. The van der Waals surface area contributed by atoms with Crippen molar-refractivity contribution in [1.29, 1.82) is 0 Å². The smallest absolute Gasteiger partial charge is 0.338 e. The molecule has 2 rings (SSSR count). The van der Waals surface area contributed by atoms with Gasteiger partial charge in [0.15, 0.2) is 18.1 Å². The minimum absolute atomic E-state index is 0.288. The average Bonchev–Trinajstić information content (AvgIpc) is 2.67. The number of hydrogen-bond donors (Lipinski definition) is 1. The largest absolute Gasteiger partial charge is 0.493 e. The van der Waals surface area contributed by atoms with Crippen LogP contribution >= 0.6 is 0 Å². The van der Waals surface area contributed by atoms with Gasteiger partial charge in [0.25, 0.3) is 5.91 Å². The van der Waals surface area contributed by atoms with Crippen LogP contribution in [0.3, 0.4) is 0 Å². The minimum Gasteiger partial charge on any atom is -0.493 e. The molecule has 2 aromatic rings. The van der Waals surface area contributed by atoms with Gasteiger partial charge < -0.3 is 19.5 Å². The van der Waals surface area contributed by atoms with Crippen LogP contribution in [0.1, 0.15) is 40.4 Å². The fraction of sp³-hybridized carbons (Fsp3) is 0.364. The highest BCUT2D eigenvalue weighted by molar-refractivity contribution is 5.96. The van der Waals surface area contributed by atoms with Crippen molar-refractivity contribution < 1.29 is 23.8 Å². The molecule has 6 nitrogen and oxygen atoms in total. The molecule has 0 aromatic heterocycles. The molecular weight excluding hydrogens is 358 g/mol. The van der Waals surface area contributed by atoms with Gasteiger partial charge in [-0.1, -0.05) is 24.6 Å². The van der Waals surface area contributed by atoms with Gasteiger partial charge >= 0.3 is 5.97 Å². The molecule has 1 N–H and O–H groups in total. The van der Waals surface area contributed by atoms with Gasteiger partial charge in [0.1, 0.15) is 0 Å². The van der Waals surface area contributed by atoms with Crippen molar-refractivity contribution >= 4 is 17.6 Å². The Balaban J connectivity index is 1.99. The number of esters is 1. The molecule has 0 heterocycles. The van der Waals surface area contributed by atoms with Crippen molar-refractivity contribution in [2.75, 3.05) is 25.6 Å². The lowest BCUT2D eigenvalue weighted by atomic mass is 10.1. The molecule has 0 unspecified atom stereocenters. The van der Waals surface area contributed by atoms with Crippen LogP contribution in [0.15, 0.2) is 30.3 Å². The van der Waals surface area contributed by atoms with Crippen LogP contribution in [0.4, 0.5) is 5.69 Å². The zero-order valence-electron chi connectivity index (χ0n) is 17.0. The zero-order valence-corrected chi connectivity index (χ0v) is 17.0. The number of anilines is 1. The summed E-state index contributed by atoms with van der Waals surface area (Å²) in [6.07, 6.45) is 0.863. The van der Waals surface area contributed by atoms with Crippen LogP contribution in [-0.2, 0) is 9.53 Å². The van der Waals surface area contributed by atoms with Crippen LogP contribution in [0.2, 0.25) is 0 Å². The summed E-state index contributed by atoms with van der Waals surface area (Å²) >= 11 is 0. The highest BCUT2D eigenvalue weighted by Crippen LogP contribution is 2.28. The lowest BCUT2D eigenvalue weighted by Crippen LogP contribution is -2.22. The fourth-order valence-corrected chi connectivity index (χ4v) is 2.89. The van der Waals surface area contributed by atoms with Crippen LogP contribution in [0.25, 0.3) is 0 Å². The van der Waals surface area contributed by atoms with E-state index < -0.39 is 11.9 Å². The number of methoxy groups -OCH3 is 1. The van der Waals surface area contributed by atoms with Gasteiger partial charge in [-0.2, -0.15) is 0 Å². The van der Waals surface area contributed by atoms with Crippen molar-refractivity contribution in [2.24, 2.45) is 0 Å². The van der Waals surface area contributed by atoms with Crippen LogP contribution in [-0.4, -0.2) is 32.2 Å². The molecule has 28 heavy (non-hydrogen) atoms. The number of ether oxygens (including phenoxy) is 3. The van der Waals surface area contributed by atoms with E-state index >= 15 is 0 Å². The van der Waals surface area contributed by atoms with Gasteiger partial charge in [-0.05, 0) is 56.5 Å². The van der Waals surface area contributed by atoms with Crippen molar-refractivity contribution in [3.05, 3.63) is 52.6 Å². The maximum atomic E-state index is 12.3. The normalized spacial score (nSPS) is 10.3. The van der Waals surface area contributed by atoms with E-state index in [4.69, 9.17) is 14.2 Å². The lowest BCUT2D eigenvalue weighted by molar-refractivity contribution is -0.119. The van der Waals surface area contributed by atoms with Crippen molar-refractivity contribution in [3.63, 3.8) is 0 Å². The predicted molar refractivity (Wildman–Crippen MR) is 108 cm³/mol. The molecule has 0 saturated heterocycles. The summed E-state index contributed by atoms with van der Waals surface area (Å²) in [6, 6.07) is 8.76. The lowest BCUT2D eigenvalue weighted by Gasteiger charge is -2.13. The van der Waals surface area contributed by atoms with Gasteiger partial charge in [0.05, 0.1) is 19.3 Å². The molecule has 0 atom stereocenters. The Morgan fingerprint density at radius 3 is 2.29 bits per heavy atom. The average molecular weight is 385 g/mol. The molecule has 0 aliphatic rings. The maximum Gasteiger partial charge on any atom is 0.338 e. The van der Waals surface area contributed by atoms with E-state index in [1.54, 1.807) is 18.2 Å². The Morgan fingerprint density at radius 1 is 1.00 bits per heavy atom. The topological polar surface area (TPSA) is 73.9 Å². The number of aryl methyl sites for hydroxylation is 3. The van der Waals surface area contributed by atoms with E-state index in [0.29, 0.717) is 18.1 Å². The molecule has 2 aromatic carbocycles. The summed E-state index contributed by atoms with van der Waals surface area (Å²) in [5.74, 6) is 0.00771. The van der Waals surface area contributed by atoms with E-state index in [2.05, 4.69) is 5.32 Å². The van der Waals surface area contributed by atoms with Crippen LogP contribution in [0, 0.1) is 20.8 Å². The molecule has 1 amide bonds. The molecule has 0 radical (unpaired) electrons.